The molecule has 0 radical (unpaired) electrons. The first-order valence-electron chi connectivity index (χ1n) is 6.55. The third-order valence-corrected chi connectivity index (χ3v) is 3.02. The summed E-state index contributed by atoms with van der Waals surface area (Å²) in [5, 5.41) is 5.04. The van der Waals surface area contributed by atoms with Crippen LogP contribution in [0.3, 0.4) is 0 Å². The van der Waals surface area contributed by atoms with E-state index in [0.717, 1.165) is 25.3 Å². The van der Waals surface area contributed by atoms with E-state index < -0.39 is 11.7 Å². The minimum atomic E-state index is -0.710. The lowest BCUT2D eigenvalue weighted by Crippen LogP contribution is -2.37. The molecule has 20 heavy (non-hydrogen) atoms. The van der Waals surface area contributed by atoms with Gasteiger partial charge in [-0.25, -0.2) is 4.39 Å². The van der Waals surface area contributed by atoms with E-state index in [2.05, 4.69) is 17.6 Å². The molecule has 0 aliphatic carbocycles. The molecule has 0 bridgehead atoms. The zero-order chi connectivity index (χ0) is 15.0. The molecule has 2 N–H and O–H groups in total. The van der Waals surface area contributed by atoms with E-state index in [1.807, 2.05) is 0 Å². The van der Waals surface area contributed by atoms with Crippen molar-refractivity contribution >= 4 is 23.4 Å². The van der Waals surface area contributed by atoms with E-state index in [1.54, 1.807) is 0 Å². The van der Waals surface area contributed by atoms with E-state index in [9.17, 15) is 14.0 Å². The first-order chi connectivity index (χ1) is 9.56. The fourth-order valence-corrected chi connectivity index (χ4v) is 1.88. The number of carbonyl (C=O) groups excluding carboxylic acids is 2. The van der Waals surface area contributed by atoms with Gasteiger partial charge in [0.25, 0.3) is 5.91 Å². The predicted molar refractivity (Wildman–Crippen MR) is 76.3 cm³/mol. The largest absolute Gasteiger partial charge is 0.355 e. The smallest absolute Gasteiger partial charge is 0.256 e. The maximum absolute atomic E-state index is 13.5. The van der Waals surface area contributed by atoms with Gasteiger partial charge in [0.1, 0.15) is 5.82 Å². The molecule has 0 aromatic heterocycles. The van der Waals surface area contributed by atoms with Crippen LogP contribution in [0.2, 0.25) is 5.02 Å². The van der Waals surface area contributed by atoms with Crippen LogP contribution in [-0.2, 0) is 4.79 Å². The Morgan fingerprint density at radius 2 is 2.00 bits per heavy atom. The van der Waals surface area contributed by atoms with E-state index in [-0.39, 0.29) is 23.0 Å². The topological polar surface area (TPSA) is 58.2 Å². The number of halogens is 2. The number of carbonyl (C=O) groups is 2. The quantitative estimate of drug-likeness (QED) is 0.760. The highest BCUT2D eigenvalue weighted by molar-refractivity contribution is 6.33. The predicted octanol–water partition coefficient (Wildman–Crippen LogP) is 2.52. The van der Waals surface area contributed by atoms with Gasteiger partial charge in [0.05, 0.1) is 17.1 Å². The third-order valence-electron chi connectivity index (χ3n) is 2.70. The second-order valence-corrected chi connectivity index (χ2v) is 4.74. The number of hydrogen-bond acceptors (Lipinski definition) is 2. The average Bonchev–Trinajstić information content (AvgIpc) is 2.41. The van der Waals surface area contributed by atoms with Crippen LogP contribution in [-0.4, -0.2) is 24.9 Å². The van der Waals surface area contributed by atoms with E-state index in [4.69, 9.17) is 11.6 Å². The molecule has 2 amide bonds. The maximum atomic E-state index is 13.5. The van der Waals surface area contributed by atoms with Gasteiger partial charge < -0.3 is 10.6 Å². The van der Waals surface area contributed by atoms with E-state index in [0.29, 0.717) is 6.54 Å². The van der Waals surface area contributed by atoms with Gasteiger partial charge in [-0.05, 0) is 18.6 Å². The van der Waals surface area contributed by atoms with Gasteiger partial charge in [0.15, 0.2) is 0 Å². The van der Waals surface area contributed by atoms with Crippen molar-refractivity contribution in [2.75, 3.05) is 13.1 Å². The number of unbranched alkanes of at least 4 members (excludes halogenated alkanes) is 2. The molecule has 110 valence electrons. The van der Waals surface area contributed by atoms with Crippen molar-refractivity contribution in [3.8, 4) is 0 Å². The molecule has 0 unspecified atom stereocenters. The van der Waals surface area contributed by atoms with Gasteiger partial charge in [-0.15, -0.1) is 0 Å². The summed E-state index contributed by atoms with van der Waals surface area (Å²) in [6.45, 7) is 2.44. The minimum Gasteiger partial charge on any atom is -0.355 e. The summed E-state index contributed by atoms with van der Waals surface area (Å²) in [5.74, 6) is -1.71. The molecule has 1 aromatic carbocycles. The Balaban J connectivity index is 2.41. The molecular formula is C14H18ClFN2O2. The molecule has 0 atom stereocenters. The lowest BCUT2D eigenvalue weighted by atomic mass is 10.2. The Hall–Kier alpha value is -1.62. The van der Waals surface area contributed by atoms with Crippen molar-refractivity contribution < 1.29 is 14.0 Å². The first-order valence-corrected chi connectivity index (χ1v) is 6.93. The molecule has 0 spiro atoms. The van der Waals surface area contributed by atoms with Crippen molar-refractivity contribution in [1.82, 2.24) is 10.6 Å². The van der Waals surface area contributed by atoms with Crippen LogP contribution in [0.25, 0.3) is 0 Å². The van der Waals surface area contributed by atoms with Gasteiger partial charge in [-0.2, -0.15) is 0 Å². The zero-order valence-corrected chi connectivity index (χ0v) is 12.1. The summed E-state index contributed by atoms with van der Waals surface area (Å²) in [6, 6.07) is 3.98. The van der Waals surface area contributed by atoms with Crippen LogP contribution >= 0.6 is 11.6 Å². The molecule has 6 heteroatoms. The van der Waals surface area contributed by atoms with Crippen LogP contribution in [0, 0.1) is 5.82 Å². The normalized spacial score (nSPS) is 10.2. The summed E-state index contributed by atoms with van der Waals surface area (Å²) in [5.41, 5.74) is -0.243. The highest BCUT2D eigenvalue weighted by Crippen LogP contribution is 2.18. The van der Waals surface area contributed by atoms with Crippen molar-refractivity contribution in [2.24, 2.45) is 0 Å². The van der Waals surface area contributed by atoms with Crippen LogP contribution < -0.4 is 10.6 Å². The molecule has 0 heterocycles. The minimum absolute atomic E-state index is 0.0193. The molecular weight excluding hydrogens is 283 g/mol. The van der Waals surface area contributed by atoms with Gasteiger partial charge in [-0.1, -0.05) is 37.4 Å². The van der Waals surface area contributed by atoms with E-state index in [1.165, 1.54) is 12.1 Å². The maximum Gasteiger partial charge on any atom is 0.256 e. The molecule has 0 saturated carbocycles. The lowest BCUT2D eigenvalue weighted by Gasteiger charge is -2.08. The van der Waals surface area contributed by atoms with Crippen LogP contribution in [0.1, 0.15) is 36.5 Å². The van der Waals surface area contributed by atoms with Crippen molar-refractivity contribution in [1.29, 1.82) is 0 Å². The van der Waals surface area contributed by atoms with Crippen molar-refractivity contribution in [2.45, 2.75) is 26.2 Å². The Kier molecular flexibility index (Phi) is 7.01. The van der Waals surface area contributed by atoms with Crippen molar-refractivity contribution in [3.05, 3.63) is 34.6 Å². The number of benzene rings is 1. The Morgan fingerprint density at radius 3 is 2.65 bits per heavy atom. The van der Waals surface area contributed by atoms with Gasteiger partial charge in [0, 0.05) is 6.54 Å². The average molecular weight is 301 g/mol. The zero-order valence-electron chi connectivity index (χ0n) is 11.3. The first kappa shape index (κ1) is 16.4. The fraction of sp³-hybridized carbons (Fsp3) is 0.429. The fourth-order valence-electron chi connectivity index (χ4n) is 1.63. The Bertz CT molecular complexity index is 460. The second kappa shape index (κ2) is 8.53. The molecule has 0 aliphatic heterocycles. The number of nitrogens with one attached hydrogen (secondary N) is 2. The van der Waals surface area contributed by atoms with Crippen molar-refractivity contribution in [3.63, 3.8) is 0 Å². The van der Waals surface area contributed by atoms with Crippen LogP contribution in [0.4, 0.5) is 4.39 Å². The number of hydrogen-bond donors (Lipinski definition) is 2. The Labute approximate surface area is 122 Å². The van der Waals surface area contributed by atoms with Gasteiger partial charge >= 0.3 is 0 Å². The summed E-state index contributed by atoms with van der Waals surface area (Å²) < 4.78 is 13.5. The monoisotopic (exact) mass is 300 g/mol. The molecule has 1 rings (SSSR count). The summed E-state index contributed by atoms with van der Waals surface area (Å²) in [6.07, 6.45) is 3.01. The lowest BCUT2D eigenvalue weighted by molar-refractivity contribution is -0.120. The third kappa shape index (κ3) is 5.17. The summed E-state index contributed by atoms with van der Waals surface area (Å²) in [7, 11) is 0. The van der Waals surface area contributed by atoms with E-state index >= 15 is 0 Å². The Morgan fingerprint density at radius 1 is 1.25 bits per heavy atom. The molecule has 0 aliphatic rings. The molecule has 4 nitrogen and oxygen atoms in total. The van der Waals surface area contributed by atoms with Gasteiger partial charge in [0.2, 0.25) is 5.91 Å². The molecule has 1 aromatic rings. The summed E-state index contributed by atoms with van der Waals surface area (Å²) in [4.78, 5) is 23.2. The standard InChI is InChI=1S/C14H18ClFN2O2/c1-2-3-4-8-17-12(19)9-18-14(20)13-10(15)6-5-7-11(13)16/h5-7H,2-4,8-9H2,1H3,(H,17,19)(H,18,20). The number of rotatable bonds is 7. The summed E-state index contributed by atoms with van der Waals surface area (Å²) >= 11 is 5.76. The van der Waals surface area contributed by atoms with Crippen LogP contribution in [0.5, 0.6) is 0 Å². The second-order valence-electron chi connectivity index (χ2n) is 4.34. The SMILES string of the molecule is CCCCCNC(=O)CNC(=O)c1c(F)cccc1Cl. The highest BCUT2D eigenvalue weighted by atomic mass is 35.5. The van der Waals surface area contributed by atoms with Crippen LogP contribution in [0.15, 0.2) is 18.2 Å². The molecule has 0 saturated heterocycles. The number of amides is 2. The molecule has 0 fully saturated rings. The highest BCUT2D eigenvalue weighted by Gasteiger charge is 2.16. The van der Waals surface area contributed by atoms with Gasteiger partial charge in [-0.3, -0.25) is 9.59 Å².